The summed E-state index contributed by atoms with van der Waals surface area (Å²) in [6.45, 7) is 1.30. The van der Waals surface area contributed by atoms with E-state index in [1.165, 1.54) is 30.5 Å². The summed E-state index contributed by atoms with van der Waals surface area (Å²) in [5.74, 6) is -0.0431. The molecule has 0 aliphatic heterocycles. The zero-order valence-electron chi connectivity index (χ0n) is 21.6. The Bertz CT molecular complexity index is 1670. The van der Waals surface area contributed by atoms with Crippen LogP contribution in [0.15, 0.2) is 116 Å². The van der Waals surface area contributed by atoms with E-state index in [1.54, 1.807) is 66.7 Å². The predicted octanol–water partition coefficient (Wildman–Crippen LogP) is 3.41. The number of nitrogens with zero attached hydrogens (tertiary/aromatic N) is 2. The van der Waals surface area contributed by atoms with Crippen LogP contribution in [-0.4, -0.2) is 39.8 Å². The van der Waals surface area contributed by atoms with Gasteiger partial charge in [-0.3, -0.25) is 4.79 Å². The third-order valence-corrected chi connectivity index (χ3v) is 8.96. The summed E-state index contributed by atoms with van der Waals surface area (Å²) in [4.78, 5) is 12.9. The van der Waals surface area contributed by atoms with E-state index in [-0.39, 0.29) is 28.6 Å². The molecule has 4 aromatic rings. The topological polar surface area (TPSA) is 138 Å². The lowest BCUT2D eigenvalue weighted by atomic mass is 10.2. The Kier molecular flexibility index (Phi) is 9.27. The van der Waals surface area contributed by atoms with Crippen molar-refractivity contribution in [3.05, 3.63) is 120 Å². The minimum atomic E-state index is -3.98. The van der Waals surface area contributed by atoms with Gasteiger partial charge in [0.2, 0.25) is 20.0 Å². The number of sulfonamides is 2. The lowest BCUT2D eigenvalue weighted by molar-refractivity contribution is -0.121. The zero-order chi connectivity index (χ0) is 28.6. The molecular weight excluding hydrogens is 552 g/mol. The molecule has 1 amide bonds. The highest BCUT2D eigenvalue weighted by atomic mass is 32.2. The first-order valence-corrected chi connectivity index (χ1v) is 15.1. The molecule has 3 aromatic carbocycles. The third-order valence-electron chi connectivity index (χ3n) is 5.73. The molecule has 10 nitrogen and oxygen atoms in total. The first-order chi connectivity index (χ1) is 19.1. The summed E-state index contributed by atoms with van der Waals surface area (Å²) in [7, 11) is -7.68. The molecule has 0 radical (unpaired) electrons. The van der Waals surface area contributed by atoms with Gasteiger partial charge in [0.1, 0.15) is 11.5 Å². The SMILES string of the molecule is Cc1ccc(S(=O)(=O)N(CC(=O)N/N=C\c2ccc(CNS(=O)(=O)c3ccccc3)o2)Cc2ccccc2)cc1. The summed E-state index contributed by atoms with van der Waals surface area (Å²) >= 11 is 0. The molecule has 0 saturated heterocycles. The molecule has 0 atom stereocenters. The highest BCUT2D eigenvalue weighted by Gasteiger charge is 2.27. The van der Waals surface area contributed by atoms with Gasteiger partial charge >= 0.3 is 0 Å². The molecule has 40 heavy (non-hydrogen) atoms. The molecule has 0 bridgehead atoms. The number of amides is 1. The van der Waals surface area contributed by atoms with E-state index >= 15 is 0 Å². The lowest BCUT2D eigenvalue weighted by Gasteiger charge is -2.21. The molecular formula is C28H28N4O6S2. The number of carbonyl (C=O) groups is 1. The maximum atomic E-state index is 13.3. The number of hydrogen-bond acceptors (Lipinski definition) is 7. The molecule has 0 aliphatic rings. The average molecular weight is 581 g/mol. The molecule has 0 fully saturated rings. The Labute approximate surface area is 233 Å². The maximum absolute atomic E-state index is 13.3. The summed E-state index contributed by atoms with van der Waals surface area (Å²) in [6.07, 6.45) is 1.24. The van der Waals surface area contributed by atoms with E-state index in [9.17, 15) is 21.6 Å². The fourth-order valence-corrected chi connectivity index (χ4v) is 6.04. The summed E-state index contributed by atoms with van der Waals surface area (Å²) in [5, 5.41) is 3.86. The normalized spacial score (nSPS) is 12.2. The van der Waals surface area contributed by atoms with Gasteiger partial charge in [-0.05, 0) is 48.9 Å². The number of hydrogen-bond donors (Lipinski definition) is 2. The van der Waals surface area contributed by atoms with Crippen molar-refractivity contribution >= 4 is 32.2 Å². The molecule has 0 spiro atoms. The fourth-order valence-electron chi connectivity index (χ4n) is 3.64. The number of aryl methyl sites for hydroxylation is 1. The number of benzene rings is 3. The molecule has 0 saturated carbocycles. The van der Waals surface area contributed by atoms with Crippen molar-refractivity contribution in [2.75, 3.05) is 6.54 Å². The van der Waals surface area contributed by atoms with E-state index in [4.69, 9.17) is 4.42 Å². The van der Waals surface area contributed by atoms with Crippen LogP contribution in [0, 0.1) is 6.92 Å². The van der Waals surface area contributed by atoms with E-state index in [2.05, 4.69) is 15.2 Å². The maximum Gasteiger partial charge on any atom is 0.255 e. The molecule has 1 heterocycles. The summed E-state index contributed by atoms with van der Waals surface area (Å²) < 4.78 is 60.5. The average Bonchev–Trinajstić information content (AvgIpc) is 3.41. The summed E-state index contributed by atoms with van der Waals surface area (Å²) in [6, 6.07) is 26.5. The van der Waals surface area contributed by atoms with E-state index in [0.29, 0.717) is 5.76 Å². The first kappa shape index (κ1) is 28.9. The molecule has 0 unspecified atom stereocenters. The van der Waals surface area contributed by atoms with Crippen molar-refractivity contribution in [1.29, 1.82) is 0 Å². The van der Waals surface area contributed by atoms with Gasteiger partial charge in [-0.25, -0.2) is 27.0 Å². The first-order valence-electron chi connectivity index (χ1n) is 12.2. The Balaban J connectivity index is 1.38. The van der Waals surface area contributed by atoms with Crippen molar-refractivity contribution in [3.63, 3.8) is 0 Å². The van der Waals surface area contributed by atoms with Gasteiger partial charge in [0.25, 0.3) is 5.91 Å². The fraction of sp³-hybridized carbons (Fsp3) is 0.143. The van der Waals surface area contributed by atoms with Crippen LogP contribution in [0.3, 0.4) is 0 Å². The van der Waals surface area contributed by atoms with Crippen LogP contribution in [0.25, 0.3) is 0 Å². The van der Waals surface area contributed by atoms with Crippen LogP contribution >= 0.6 is 0 Å². The largest absolute Gasteiger partial charge is 0.459 e. The van der Waals surface area contributed by atoms with E-state index in [1.807, 2.05) is 13.0 Å². The number of nitrogens with one attached hydrogen (secondary N) is 2. The second-order valence-corrected chi connectivity index (χ2v) is 12.5. The van der Waals surface area contributed by atoms with E-state index < -0.39 is 32.5 Å². The highest BCUT2D eigenvalue weighted by Crippen LogP contribution is 2.19. The van der Waals surface area contributed by atoms with Gasteiger partial charge in [0, 0.05) is 6.54 Å². The van der Waals surface area contributed by atoms with Gasteiger partial charge in [0.05, 0.1) is 29.1 Å². The van der Waals surface area contributed by atoms with Crippen LogP contribution in [-0.2, 0) is 37.9 Å². The smallest absolute Gasteiger partial charge is 0.255 e. The van der Waals surface area contributed by atoms with Gasteiger partial charge < -0.3 is 4.42 Å². The third kappa shape index (κ3) is 7.73. The number of carbonyl (C=O) groups excluding carboxylic acids is 1. The molecule has 1 aromatic heterocycles. The summed E-state index contributed by atoms with van der Waals surface area (Å²) in [5.41, 5.74) is 3.95. The van der Waals surface area contributed by atoms with Crippen LogP contribution in [0.5, 0.6) is 0 Å². The van der Waals surface area contributed by atoms with Crippen molar-refractivity contribution in [2.24, 2.45) is 5.10 Å². The predicted molar refractivity (Wildman–Crippen MR) is 150 cm³/mol. The monoisotopic (exact) mass is 580 g/mol. The molecule has 0 aliphatic carbocycles. The van der Waals surface area contributed by atoms with Crippen molar-refractivity contribution < 1.29 is 26.0 Å². The molecule has 208 valence electrons. The van der Waals surface area contributed by atoms with Gasteiger partial charge in [-0.1, -0.05) is 66.2 Å². The minimum absolute atomic E-state index is 0.00534. The number of rotatable bonds is 12. The number of furan rings is 1. The van der Waals surface area contributed by atoms with Crippen LogP contribution in [0.1, 0.15) is 22.6 Å². The Hall–Kier alpha value is -4.10. The van der Waals surface area contributed by atoms with Crippen LogP contribution in [0.2, 0.25) is 0 Å². The highest BCUT2D eigenvalue weighted by molar-refractivity contribution is 7.89. The molecule has 2 N–H and O–H groups in total. The molecule has 12 heteroatoms. The second-order valence-electron chi connectivity index (χ2n) is 8.81. The van der Waals surface area contributed by atoms with Gasteiger partial charge in [-0.2, -0.15) is 9.41 Å². The van der Waals surface area contributed by atoms with Crippen molar-refractivity contribution in [1.82, 2.24) is 14.5 Å². The van der Waals surface area contributed by atoms with Crippen molar-refractivity contribution in [3.8, 4) is 0 Å². The van der Waals surface area contributed by atoms with Gasteiger partial charge in [-0.15, -0.1) is 0 Å². The zero-order valence-corrected chi connectivity index (χ0v) is 23.2. The Morgan fingerprint density at radius 1 is 0.850 bits per heavy atom. The molecule has 4 rings (SSSR count). The minimum Gasteiger partial charge on any atom is -0.459 e. The lowest BCUT2D eigenvalue weighted by Crippen LogP contribution is -2.39. The van der Waals surface area contributed by atoms with E-state index in [0.717, 1.165) is 15.4 Å². The van der Waals surface area contributed by atoms with Crippen LogP contribution in [0.4, 0.5) is 0 Å². The number of hydrazone groups is 1. The second kappa shape index (κ2) is 12.8. The Morgan fingerprint density at radius 3 is 2.17 bits per heavy atom. The Morgan fingerprint density at radius 2 is 1.50 bits per heavy atom. The van der Waals surface area contributed by atoms with Crippen molar-refractivity contribution in [2.45, 2.75) is 29.8 Å². The standard InChI is InChI=1S/C28H28N4O6S2/c1-22-12-16-27(17-13-22)40(36,37)32(20-23-8-4-2-5-9-23)21-28(33)31-29-18-24-14-15-25(38-24)19-30-39(34,35)26-10-6-3-7-11-26/h2-18,30H,19-21H2,1H3,(H,31,33)/b29-18-. The van der Waals surface area contributed by atoms with Gasteiger partial charge in [0.15, 0.2) is 0 Å². The quantitative estimate of drug-likeness (QED) is 0.195. The van der Waals surface area contributed by atoms with Crippen LogP contribution < -0.4 is 10.1 Å².